The highest BCUT2D eigenvalue weighted by atomic mass is 35.5. The van der Waals surface area contributed by atoms with Gasteiger partial charge in [0.15, 0.2) is 0 Å². The third-order valence-corrected chi connectivity index (χ3v) is 3.77. The Hall–Kier alpha value is -0.320. The monoisotopic (exact) mass is 289 g/mol. The number of rotatable bonds is 3. The molecule has 2 unspecified atom stereocenters. The lowest BCUT2D eigenvalue weighted by molar-refractivity contribution is -0.0823. The Kier molecular flexibility index (Phi) is 4.87. The molecule has 0 aromatic heterocycles. The van der Waals surface area contributed by atoms with Crippen LogP contribution in [0.2, 0.25) is 10.0 Å². The first-order valence-corrected chi connectivity index (χ1v) is 6.74. The van der Waals surface area contributed by atoms with E-state index >= 15 is 0 Å². The van der Waals surface area contributed by atoms with Crippen molar-refractivity contribution in [2.45, 2.75) is 18.6 Å². The van der Waals surface area contributed by atoms with E-state index in [4.69, 9.17) is 27.9 Å². The largest absolute Gasteiger partial charge is 0.390 e. The van der Waals surface area contributed by atoms with E-state index in [-0.39, 0.29) is 6.10 Å². The highest BCUT2D eigenvalue weighted by molar-refractivity contribution is 6.33. The van der Waals surface area contributed by atoms with Gasteiger partial charge in [0, 0.05) is 29.6 Å². The van der Waals surface area contributed by atoms with Crippen LogP contribution in [0.5, 0.6) is 0 Å². The van der Waals surface area contributed by atoms with Gasteiger partial charge in [0.2, 0.25) is 0 Å². The fourth-order valence-electron chi connectivity index (χ4n) is 2.10. The summed E-state index contributed by atoms with van der Waals surface area (Å²) in [6.07, 6.45) is -0.278. The third-order valence-electron chi connectivity index (χ3n) is 3.16. The van der Waals surface area contributed by atoms with Gasteiger partial charge in [-0.15, -0.1) is 0 Å². The van der Waals surface area contributed by atoms with Gasteiger partial charge in [0.05, 0.1) is 18.8 Å². The Morgan fingerprint density at radius 2 is 2.28 bits per heavy atom. The first-order valence-electron chi connectivity index (χ1n) is 5.98. The number of morpholine rings is 1. The van der Waals surface area contributed by atoms with Crippen LogP contribution in [0.1, 0.15) is 5.56 Å². The standard InChI is InChI=1S/C13H17Cl2NO2/c1-16-4-5-18-13(8-16)12(17)7-9-6-10(14)2-3-11(9)15/h2-3,6,12-13,17H,4-5,7-8H2,1H3. The van der Waals surface area contributed by atoms with Crippen molar-refractivity contribution in [2.24, 2.45) is 0 Å². The molecule has 1 fully saturated rings. The summed E-state index contributed by atoms with van der Waals surface area (Å²) in [5.74, 6) is 0. The number of nitrogens with zero attached hydrogens (tertiary/aromatic N) is 1. The van der Waals surface area contributed by atoms with Gasteiger partial charge in [-0.25, -0.2) is 0 Å². The lowest BCUT2D eigenvalue weighted by Gasteiger charge is -2.33. The highest BCUT2D eigenvalue weighted by Crippen LogP contribution is 2.23. The predicted octanol–water partition coefficient (Wildman–Crippen LogP) is 2.23. The number of benzene rings is 1. The van der Waals surface area contributed by atoms with Crippen LogP contribution in [0.3, 0.4) is 0 Å². The molecule has 3 nitrogen and oxygen atoms in total. The highest BCUT2D eigenvalue weighted by Gasteiger charge is 2.25. The molecule has 1 N–H and O–H groups in total. The van der Waals surface area contributed by atoms with Crippen molar-refractivity contribution in [3.63, 3.8) is 0 Å². The average Bonchev–Trinajstić information content (AvgIpc) is 2.34. The van der Waals surface area contributed by atoms with Crippen molar-refractivity contribution in [1.29, 1.82) is 0 Å². The topological polar surface area (TPSA) is 32.7 Å². The van der Waals surface area contributed by atoms with Crippen LogP contribution in [-0.4, -0.2) is 49.0 Å². The van der Waals surface area contributed by atoms with E-state index in [2.05, 4.69) is 4.90 Å². The molecule has 0 bridgehead atoms. The number of ether oxygens (including phenoxy) is 1. The van der Waals surface area contributed by atoms with Crippen molar-refractivity contribution < 1.29 is 9.84 Å². The number of hydrogen-bond donors (Lipinski definition) is 1. The molecule has 2 rings (SSSR count). The van der Waals surface area contributed by atoms with Crippen molar-refractivity contribution in [3.05, 3.63) is 33.8 Å². The Morgan fingerprint density at radius 1 is 1.50 bits per heavy atom. The van der Waals surface area contributed by atoms with Gasteiger partial charge in [-0.3, -0.25) is 0 Å². The summed E-state index contributed by atoms with van der Waals surface area (Å²) < 4.78 is 5.58. The SMILES string of the molecule is CN1CCOC(C(O)Cc2cc(Cl)ccc2Cl)C1. The van der Waals surface area contributed by atoms with Crippen molar-refractivity contribution in [1.82, 2.24) is 4.90 Å². The van der Waals surface area contributed by atoms with E-state index in [1.165, 1.54) is 0 Å². The molecule has 0 saturated carbocycles. The molecule has 2 atom stereocenters. The Balaban J connectivity index is 2.01. The minimum Gasteiger partial charge on any atom is -0.390 e. The molecule has 5 heteroatoms. The smallest absolute Gasteiger partial charge is 0.0964 e. The molecule has 1 aliphatic rings. The second-order valence-corrected chi connectivity index (χ2v) is 5.52. The lowest BCUT2D eigenvalue weighted by Crippen LogP contribution is -2.46. The molecule has 0 spiro atoms. The average molecular weight is 290 g/mol. The van der Waals surface area contributed by atoms with Crippen LogP contribution >= 0.6 is 23.2 Å². The van der Waals surface area contributed by atoms with E-state index in [1.807, 2.05) is 7.05 Å². The van der Waals surface area contributed by atoms with Gasteiger partial charge < -0.3 is 14.7 Å². The van der Waals surface area contributed by atoms with Gasteiger partial charge in [-0.1, -0.05) is 23.2 Å². The molecule has 0 aliphatic carbocycles. The van der Waals surface area contributed by atoms with E-state index < -0.39 is 6.10 Å². The zero-order valence-corrected chi connectivity index (χ0v) is 11.8. The van der Waals surface area contributed by atoms with Crippen LogP contribution in [-0.2, 0) is 11.2 Å². The zero-order valence-electron chi connectivity index (χ0n) is 10.3. The minimum absolute atomic E-state index is 0.168. The fourth-order valence-corrected chi connectivity index (χ4v) is 2.49. The minimum atomic E-state index is -0.566. The molecule has 1 heterocycles. The lowest BCUT2D eigenvalue weighted by atomic mass is 10.0. The van der Waals surface area contributed by atoms with E-state index in [0.29, 0.717) is 23.1 Å². The maximum absolute atomic E-state index is 10.2. The number of likely N-dealkylation sites (N-methyl/N-ethyl adjacent to an activating group) is 1. The molecule has 0 radical (unpaired) electrons. The number of halogens is 2. The number of hydrogen-bond acceptors (Lipinski definition) is 3. The van der Waals surface area contributed by atoms with Crippen molar-refractivity contribution >= 4 is 23.2 Å². The first-order chi connectivity index (χ1) is 8.56. The number of aliphatic hydroxyl groups excluding tert-OH is 1. The van der Waals surface area contributed by atoms with E-state index in [0.717, 1.165) is 18.7 Å². The van der Waals surface area contributed by atoms with Crippen LogP contribution in [0.15, 0.2) is 18.2 Å². The van der Waals surface area contributed by atoms with Crippen LogP contribution in [0, 0.1) is 0 Å². The molecule has 1 saturated heterocycles. The fraction of sp³-hybridized carbons (Fsp3) is 0.538. The molecular formula is C13H17Cl2NO2. The molecule has 1 aromatic carbocycles. The first kappa shape index (κ1) is 14.1. The third kappa shape index (κ3) is 3.59. The van der Waals surface area contributed by atoms with Gasteiger partial charge in [-0.05, 0) is 30.8 Å². The second-order valence-electron chi connectivity index (χ2n) is 4.68. The maximum Gasteiger partial charge on any atom is 0.0964 e. The van der Waals surface area contributed by atoms with Gasteiger partial charge in [0.25, 0.3) is 0 Å². The Labute approximate surface area is 117 Å². The molecular weight excluding hydrogens is 273 g/mol. The summed E-state index contributed by atoms with van der Waals surface area (Å²) in [4.78, 5) is 2.15. The van der Waals surface area contributed by atoms with Gasteiger partial charge >= 0.3 is 0 Å². The number of aliphatic hydroxyl groups is 1. The molecule has 18 heavy (non-hydrogen) atoms. The molecule has 1 aliphatic heterocycles. The van der Waals surface area contributed by atoms with E-state index in [9.17, 15) is 5.11 Å². The predicted molar refractivity (Wildman–Crippen MR) is 73.4 cm³/mol. The summed E-state index contributed by atoms with van der Waals surface area (Å²) in [6.45, 7) is 2.29. The summed E-state index contributed by atoms with van der Waals surface area (Å²) in [6, 6.07) is 5.28. The zero-order chi connectivity index (χ0) is 13.1. The Morgan fingerprint density at radius 3 is 3.00 bits per heavy atom. The normalized spacial score (nSPS) is 23.0. The molecule has 100 valence electrons. The van der Waals surface area contributed by atoms with Gasteiger partial charge in [-0.2, -0.15) is 0 Å². The summed E-state index contributed by atoms with van der Waals surface area (Å²) in [5, 5.41) is 11.5. The van der Waals surface area contributed by atoms with E-state index in [1.54, 1.807) is 18.2 Å². The quantitative estimate of drug-likeness (QED) is 0.926. The molecule has 0 amide bonds. The summed E-state index contributed by atoms with van der Waals surface area (Å²) >= 11 is 12.0. The van der Waals surface area contributed by atoms with Crippen LogP contribution in [0.4, 0.5) is 0 Å². The second kappa shape index (κ2) is 6.22. The van der Waals surface area contributed by atoms with Crippen LogP contribution < -0.4 is 0 Å². The van der Waals surface area contributed by atoms with Crippen molar-refractivity contribution in [3.8, 4) is 0 Å². The maximum atomic E-state index is 10.2. The van der Waals surface area contributed by atoms with Crippen LogP contribution in [0.25, 0.3) is 0 Å². The Bertz CT molecular complexity index is 414. The van der Waals surface area contributed by atoms with Gasteiger partial charge in [0.1, 0.15) is 0 Å². The van der Waals surface area contributed by atoms with Crippen molar-refractivity contribution in [2.75, 3.05) is 26.7 Å². The summed E-state index contributed by atoms with van der Waals surface area (Å²) in [5.41, 5.74) is 0.855. The summed E-state index contributed by atoms with van der Waals surface area (Å²) in [7, 11) is 2.02. The molecule has 1 aromatic rings.